The number of hydrogen-bond acceptors (Lipinski definition) is 4. The lowest BCUT2D eigenvalue weighted by Gasteiger charge is -2.08. The van der Waals surface area contributed by atoms with Crippen molar-refractivity contribution in [3.63, 3.8) is 0 Å². The molecule has 2 aromatic carbocycles. The average molecular weight is 301 g/mol. The number of aromatic nitrogens is 4. The summed E-state index contributed by atoms with van der Waals surface area (Å²) in [5, 5.41) is 8.72. The molecule has 1 N–H and O–H groups in total. The molecule has 0 radical (unpaired) electrons. The van der Waals surface area contributed by atoms with Crippen LogP contribution < -0.4 is 5.32 Å². The first-order valence-electron chi connectivity index (χ1n) is 7.41. The smallest absolute Gasteiger partial charge is 0.168 e. The van der Waals surface area contributed by atoms with E-state index in [0.717, 1.165) is 28.2 Å². The summed E-state index contributed by atoms with van der Waals surface area (Å²) in [6, 6.07) is 19.9. The van der Waals surface area contributed by atoms with Crippen LogP contribution in [-0.4, -0.2) is 19.7 Å². The maximum absolute atomic E-state index is 4.56. The molecule has 5 heteroatoms. The number of rotatable bonds is 3. The monoisotopic (exact) mass is 301 g/mol. The molecule has 0 spiro atoms. The highest BCUT2D eigenvalue weighted by atomic mass is 15.3. The largest absolute Gasteiger partial charge is 0.340 e. The minimum Gasteiger partial charge on any atom is -0.340 e. The highest BCUT2D eigenvalue weighted by molar-refractivity contribution is 5.89. The third-order valence-corrected chi connectivity index (χ3v) is 3.58. The molecule has 5 nitrogen and oxygen atoms in total. The summed E-state index contributed by atoms with van der Waals surface area (Å²) >= 11 is 0. The van der Waals surface area contributed by atoms with Crippen molar-refractivity contribution in [2.45, 2.75) is 6.92 Å². The predicted molar refractivity (Wildman–Crippen MR) is 91.1 cm³/mol. The van der Waals surface area contributed by atoms with Crippen LogP contribution in [0.4, 0.5) is 11.5 Å². The summed E-state index contributed by atoms with van der Waals surface area (Å²) in [6.07, 6.45) is 1.80. The number of aryl methyl sites for hydroxylation is 1. The van der Waals surface area contributed by atoms with E-state index in [9.17, 15) is 0 Å². The molecule has 0 atom stereocenters. The zero-order chi connectivity index (χ0) is 15.6. The Bertz CT molecular complexity index is 945. The van der Waals surface area contributed by atoms with Crippen LogP contribution in [0, 0.1) is 6.92 Å². The van der Waals surface area contributed by atoms with Gasteiger partial charge in [-0.2, -0.15) is 5.10 Å². The van der Waals surface area contributed by atoms with Gasteiger partial charge in [0.1, 0.15) is 11.6 Å². The van der Waals surface area contributed by atoms with E-state index in [4.69, 9.17) is 0 Å². The summed E-state index contributed by atoms with van der Waals surface area (Å²) in [4.78, 5) is 9.09. The molecule has 0 saturated carbocycles. The molecular formula is C18H15N5. The Hall–Kier alpha value is -3.21. The lowest BCUT2D eigenvalue weighted by atomic mass is 10.3. The van der Waals surface area contributed by atoms with Gasteiger partial charge in [-0.25, -0.2) is 14.6 Å². The molecule has 112 valence electrons. The van der Waals surface area contributed by atoms with Crippen molar-refractivity contribution in [2.24, 2.45) is 0 Å². The Morgan fingerprint density at radius 2 is 1.57 bits per heavy atom. The Kier molecular flexibility index (Phi) is 3.24. The SMILES string of the molecule is Cc1nc(Nc2ccccc2)c2cnn(-c3ccccc3)c2n1. The van der Waals surface area contributed by atoms with Crippen molar-refractivity contribution >= 4 is 22.5 Å². The zero-order valence-electron chi connectivity index (χ0n) is 12.6. The van der Waals surface area contributed by atoms with Gasteiger partial charge >= 0.3 is 0 Å². The van der Waals surface area contributed by atoms with Gasteiger partial charge in [0.25, 0.3) is 0 Å². The second-order valence-electron chi connectivity index (χ2n) is 5.24. The molecule has 0 unspecified atom stereocenters. The number of para-hydroxylation sites is 2. The van der Waals surface area contributed by atoms with Gasteiger partial charge in [0.15, 0.2) is 5.65 Å². The maximum atomic E-state index is 4.56. The Morgan fingerprint density at radius 1 is 0.870 bits per heavy atom. The molecule has 0 bridgehead atoms. The van der Waals surface area contributed by atoms with Crippen LogP contribution in [0.15, 0.2) is 66.9 Å². The average Bonchev–Trinajstić information content (AvgIpc) is 3.00. The third kappa shape index (κ3) is 2.53. The lowest BCUT2D eigenvalue weighted by molar-refractivity contribution is 0.890. The van der Waals surface area contributed by atoms with Crippen LogP contribution in [0.3, 0.4) is 0 Å². The second kappa shape index (κ2) is 5.53. The van der Waals surface area contributed by atoms with Crippen molar-refractivity contribution in [2.75, 3.05) is 5.32 Å². The lowest BCUT2D eigenvalue weighted by Crippen LogP contribution is -2.01. The van der Waals surface area contributed by atoms with Crippen molar-refractivity contribution in [3.05, 3.63) is 72.7 Å². The standard InChI is InChI=1S/C18H15N5/c1-13-20-17(22-14-8-4-2-5-9-14)16-12-19-23(18(16)21-13)15-10-6-3-7-11-15/h2-12H,1H3,(H,20,21,22). The summed E-state index contributed by atoms with van der Waals surface area (Å²) in [5.41, 5.74) is 2.76. The fourth-order valence-corrected chi connectivity index (χ4v) is 2.53. The van der Waals surface area contributed by atoms with Crippen molar-refractivity contribution < 1.29 is 0 Å². The zero-order valence-corrected chi connectivity index (χ0v) is 12.6. The Balaban J connectivity index is 1.85. The molecule has 0 amide bonds. The molecule has 0 aliphatic heterocycles. The quantitative estimate of drug-likeness (QED) is 0.624. The van der Waals surface area contributed by atoms with Crippen LogP contribution in [0.5, 0.6) is 0 Å². The van der Waals surface area contributed by atoms with Crippen molar-refractivity contribution in [1.82, 2.24) is 19.7 Å². The van der Waals surface area contributed by atoms with E-state index in [2.05, 4.69) is 20.4 Å². The first kappa shape index (κ1) is 13.5. The van der Waals surface area contributed by atoms with Crippen LogP contribution in [-0.2, 0) is 0 Å². The highest BCUT2D eigenvalue weighted by Gasteiger charge is 2.12. The van der Waals surface area contributed by atoms with Gasteiger partial charge in [0, 0.05) is 5.69 Å². The van der Waals surface area contributed by atoms with Crippen LogP contribution in [0.1, 0.15) is 5.82 Å². The molecule has 4 rings (SSSR count). The molecule has 2 heterocycles. The molecule has 0 fully saturated rings. The van der Waals surface area contributed by atoms with Crippen molar-refractivity contribution in [3.8, 4) is 5.69 Å². The number of benzene rings is 2. The fraction of sp³-hybridized carbons (Fsp3) is 0.0556. The van der Waals surface area contributed by atoms with Crippen LogP contribution in [0.2, 0.25) is 0 Å². The van der Waals surface area contributed by atoms with Crippen LogP contribution >= 0.6 is 0 Å². The number of nitrogens with one attached hydrogen (secondary N) is 1. The van der Waals surface area contributed by atoms with Crippen molar-refractivity contribution in [1.29, 1.82) is 0 Å². The number of nitrogens with zero attached hydrogens (tertiary/aromatic N) is 4. The van der Waals surface area contributed by atoms with Gasteiger partial charge in [-0.15, -0.1) is 0 Å². The normalized spacial score (nSPS) is 10.8. The van der Waals surface area contributed by atoms with Crippen LogP contribution in [0.25, 0.3) is 16.7 Å². The molecule has 0 aliphatic carbocycles. The first-order chi connectivity index (χ1) is 11.3. The second-order valence-corrected chi connectivity index (χ2v) is 5.24. The minimum absolute atomic E-state index is 0.702. The minimum atomic E-state index is 0.702. The Labute approximate surface area is 133 Å². The maximum Gasteiger partial charge on any atom is 0.168 e. The van der Waals surface area contributed by atoms with Gasteiger partial charge in [0.2, 0.25) is 0 Å². The summed E-state index contributed by atoms with van der Waals surface area (Å²) in [5.74, 6) is 1.47. The first-order valence-corrected chi connectivity index (χ1v) is 7.41. The summed E-state index contributed by atoms with van der Waals surface area (Å²) < 4.78 is 1.83. The van der Waals surface area contributed by atoms with Gasteiger partial charge in [-0.1, -0.05) is 36.4 Å². The van der Waals surface area contributed by atoms with E-state index in [1.807, 2.05) is 72.3 Å². The van der Waals surface area contributed by atoms with E-state index < -0.39 is 0 Å². The van der Waals surface area contributed by atoms with E-state index in [1.165, 1.54) is 0 Å². The third-order valence-electron chi connectivity index (χ3n) is 3.58. The molecule has 2 aromatic heterocycles. The fourth-order valence-electron chi connectivity index (χ4n) is 2.53. The van der Waals surface area contributed by atoms with E-state index in [0.29, 0.717) is 5.82 Å². The Morgan fingerprint density at radius 3 is 2.30 bits per heavy atom. The number of fused-ring (bicyclic) bond motifs is 1. The number of anilines is 2. The summed E-state index contributed by atoms with van der Waals surface area (Å²) in [6.45, 7) is 1.89. The molecule has 0 aliphatic rings. The van der Waals surface area contributed by atoms with Gasteiger partial charge in [-0.05, 0) is 31.2 Å². The van der Waals surface area contributed by atoms with E-state index in [1.54, 1.807) is 6.20 Å². The molecular weight excluding hydrogens is 286 g/mol. The molecule has 0 saturated heterocycles. The highest BCUT2D eigenvalue weighted by Crippen LogP contribution is 2.25. The topological polar surface area (TPSA) is 55.6 Å². The van der Waals surface area contributed by atoms with Gasteiger partial charge in [-0.3, -0.25) is 0 Å². The van der Waals surface area contributed by atoms with E-state index >= 15 is 0 Å². The summed E-state index contributed by atoms with van der Waals surface area (Å²) in [7, 11) is 0. The molecule has 23 heavy (non-hydrogen) atoms. The van der Waals surface area contributed by atoms with Gasteiger partial charge in [0.05, 0.1) is 17.3 Å². The number of hydrogen-bond donors (Lipinski definition) is 1. The van der Waals surface area contributed by atoms with Gasteiger partial charge < -0.3 is 5.32 Å². The molecule has 4 aromatic rings. The predicted octanol–water partition coefficient (Wildman–Crippen LogP) is 3.87. The van der Waals surface area contributed by atoms with E-state index in [-0.39, 0.29) is 0 Å².